The van der Waals surface area contributed by atoms with E-state index in [4.69, 9.17) is 4.74 Å². The first kappa shape index (κ1) is 31.5. The molecule has 43 heavy (non-hydrogen) atoms. The first-order valence-corrected chi connectivity index (χ1v) is 14.6. The number of carbonyl (C=O) groups excluding carboxylic acids is 4. The molecule has 0 aliphatic carbocycles. The predicted octanol–water partition coefficient (Wildman–Crippen LogP) is 3.23. The van der Waals surface area contributed by atoms with Crippen LogP contribution in [0.3, 0.4) is 0 Å². The van der Waals surface area contributed by atoms with Gasteiger partial charge in [0.2, 0.25) is 17.7 Å². The van der Waals surface area contributed by atoms with Crippen LogP contribution in [-0.4, -0.2) is 95.7 Å². The Morgan fingerprint density at radius 3 is 2.70 bits per heavy atom. The summed E-state index contributed by atoms with van der Waals surface area (Å²) in [4.78, 5) is 61.0. The van der Waals surface area contributed by atoms with Gasteiger partial charge in [-0.3, -0.25) is 19.2 Å². The number of hydrogen-bond acceptors (Lipinski definition) is 5. The van der Waals surface area contributed by atoms with Crippen molar-refractivity contribution in [2.24, 2.45) is 0 Å². The van der Waals surface area contributed by atoms with Crippen molar-refractivity contribution in [2.45, 2.75) is 51.1 Å². The third-order valence-electron chi connectivity index (χ3n) is 8.08. The summed E-state index contributed by atoms with van der Waals surface area (Å²) in [6.45, 7) is 5.77. The number of nitrogens with one attached hydrogen (secondary N) is 2. The van der Waals surface area contributed by atoms with Crippen LogP contribution in [0.15, 0.2) is 66.4 Å². The highest BCUT2D eigenvalue weighted by Gasteiger charge is 2.34. The second-order valence-electron chi connectivity index (χ2n) is 11.0. The highest BCUT2D eigenvalue weighted by Crippen LogP contribution is 2.24. The summed E-state index contributed by atoms with van der Waals surface area (Å²) in [5.74, 6) is -2.36. The second kappa shape index (κ2) is 14.2. The first-order valence-electron chi connectivity index (χ1n) is 14.6. The number of aromatic amines is 1. The van der Waals surface area contributed by atoms with Crippen molar-refractivity contribution in [3.8, 4) is 0 Å². The number of aromatic nitrogens is 1. The molecule has 1 aromatic carbocycles. The van der Waals surface area contributed by atoms with E-state index < -0.39 is 23.7 Å². The average molecular weight is 594 g/mol. The molecule has 230 valence electrons. The third kappa shape index (κ3) is 7.52. The molecule has 0 saturated carbocycles. The molecule has 0 bridgehead atoms. The van der Waals surface area contributed by atoms with Gasteiger partial charge in [-0.15, -0.1) is 0 Å². The molecule has 2 aliphatic heterocycles. The number of ether oxygens (including phenoxy) is 1. The van der Waals surface area contributed by atoms with Gasteiger partial charge in [0.1, 0.15) is 24.2 Å². The molecule has 4 amide bonds. The topological polar surface area (TPSA) is 115 Å². The van der Waals surface area contributed by atoms with E-state index in [2.05, 4.69) is 16.9 Å². The van der Waals surface area contributed by atoms with Gasteiger partial charge in [0, 0.05) is 50.7 Å². The smallest absolute Gasteiger partial charge is 0.258 e. The number of hydrogen-bond donors (Lipinski definition) is 2. The standard InChI is InChI=1S/C32H40FN5O5/c1-5-28-25(17-21(2)33)32(42)37(4)27(31(41)34-15-14-22-18-35-26-11-7-6-10-24(22)26)12-13-29(39)36(3)19-30(40)38-16-8-9-23(38)20-43-28/h5-7,10-11,17-18,23,27,35H,2,8-9,12-16,19-20H2,1,3-4H3,(H,34,41)/b25-17+,28-5+/t23-,27-/m0/s1. The normalized spacial score (nSPS) is 22.9. The van der Waals surface area contributed by atoms with Crippen LogP contribution in [0.5, 0.6) is 0 Å². The Labute approximate surface area is 251 Å². The third-order valence-corrected chi connectivity index (χ3v) is 8.08. The molecule has 2 saturated heterocycles. The molecule has 2 aliphatic rings. The minimum atomic E-state index is -1.05. The summed E-state index contributed by atoms with van der Waals surface area (Å²) in [5.41, 5.74) is 1.92. The summed E-state index contributed by atoms with van der Waals surface area (Å²) >= 11 is 0. The number of carbonyl (C=O) groups is 4. The SMILES string of the molecule is C=C(F)/C=C1/C(=O)N(C)[C@H](C(=O)NCCc2c[nH]c3ccccc23)CCC(=O)N(C)CC(=O)N2CCC[C@H]2CO/C1=C/C. The van der Waals surface area contributed by atoms with Gasteiger partial charge in [-0.2, -0.15) is 0 Å². The monoisotopic (exact) mass is 593 g/mol. The molecule has 0 spiro atoms. The van der Waals surface area contributed by atoms with E-state index in [0.717, 1.165) is 29.0 Å². The van der Waals surface area contributed by atoms with Crippen LogP contribution in [-0.2, 0) is 30.3 Å². The number of fused-ring (bicyclic) bond motifs is 2. The zero-order valence-electron chi connectivity index (χ0n) is 25.0. The van der Waals surface area contributed by atoms with Crippen molar-refractivity contribution < 1.29 is 28.3 Å². The predicted molar refractivity (Wildman–Crippen MR) is 161 cm³/mol. The van der Waals surface area contributed by atoms with Crippen LogP contribution in [0.2, 0.25) is 0 Å². The highest BCUT2D eigenvalue weighted by molar-refractivity contribution is 6.00. The minimum absolute atomic E-state index is 0.000737. The molecule has 0 radical (unpaired) electrons. The lowest BCUT2D eigenvalue weighted by atomic mass is 10.0. The number of H-pyrrole nitrogens is 1. The molecule has 3 heterocycles. The van der Waals surface area contributed by atoms with Crippen molar-refractivity contribution >= 4 is 34.5 Å². The number of rotatable bonds is 5. The van der Waals surface area contributed by atoms with Crippen LogP contribution in [0.25, 0.3) is 10.9 Å². The number of nitrogens with zero attached hydrogens (tertiary/aromatic N) is 3. The van der Waals surface area contributed by atoms with Gasteiger partial charge in [-0.1, -0.05) is 24.8 Å². The Morgan fingerprint density at radius 2 is 1.95 bits per heavy atom. The lowest BCUT2D eigenvalue weighted by Gasteiger charge is -2.29. The van der Waals surface area contributed by atoms with E-state index in [9.17, 15) is 23.6 Å². The zero-order chi connectivity index (χ0) is 31.1. The van der Waals surface area contributed by atoms with Crippen molar-refractivity contribution in [3.05, 3.63) is 71.9 Å². The van der Waals surface area contributed by atoms with Gasteiger partial charge < -0.3 is 29.7 Å². The van der Waals surface area contributed by atoms with E-state index >= 15 is 0 Å². The molecule has 2 aromatic rings. The summed E-state index contributed by atoms with van der Waals surface area (Å²) in [6, 6.07) is 6.55. The minimum Gasteiger partial charge on any atom is -0.491 e. The Bertz CT molecular complexity index is 1450. The Balaban J connectivity index is 1.58. The van der Waals surface area contributed by atoms with Gasteiger partial charge in [0.05, 0.1) is 18.2 Å². The van der Waals surface area contributed by atoms with E-state index in [-0.39, 0.29) is 55.2 Å². The van der Waals surface area contributed by atoms with E-state index in [1.165, 1.54) is 16.8 Å². The first-order chi connectivity index (χ1) is 20.6. The van der Waals surface area contributed by atoms with Gasteiger partial charge in [0.25, 0.3) is 5.91 Å². The van der Waals surface area contributed by atoms with Crippen molar-refractivity contribution in [3.63, 3.8) is 0 Å². The van der Waals surface area contributed by atoms with Crippen molar-refractivity contribution in [2.75, 3.05) is 40.3 Å². The molecule has 2 fully saturated rings. The second-order valence-corrected chi connectivity index (χ2v) is 11.0. The lowest BCUT2D eigenvalue weighted by molar-refractivity contribution is -0.141. The van der Waals surface area contributed by atoms with E-state index in [1.54, 1.807) is 24.9 Å². The molecule has 2 N–H and O–H groups in total. The Hall–Kier alpha value is -4.41. The maximum absolute atomic E-state index is 14.1. The molecule has 2 atom stereocenters. The maximum atomic E-state index is 14.1. The number of halogens is 1. The van der Waals surface area contributed by atoms with Crippen LogP contribution in [0, 0.1) is 0 Å². The Morgan fingerprint density at radius 1 is 1.19 bits per heavy atom. The van der Waals surface area contributed by atoms with Crippen LogP contribution in [0.1, 0.15) is 38.2 Å². The molecule has 10 nitrogen and oxygen atoms in total. The number of benzene rings is 1. The van der Waals surface area contributed by atoms with E-state index in [1.807, 2.05) is 30.5 Å². The summed E-state index contributed by atoms with van der Waals surface area (Å²) in [6.07, 6.45) is 6.38. The fourth-order valence-electron chi connectivity index (χ4n) is 5.68. The van der Waals surface area contributed by atoms with Crippen LogP contribution >= 0.6 is 0 Å². The maximum Gasteiger partial charge on any atom is 0.258 e. The molecule has 0 unspecified atom stereocenters. The summed E-state index contributed by atoms with van der Waals surface area (Å²) in [5, 5.41) is 3.96. The van der Waals surface area contributed by atoms with Gasteiger partial charge in [0.15, 0.2) is 0 Å². The van der Waals surface area contributed by atoms with Gasteiger partial charge in [-0.25, -0.2) is 4.39 Å². The van der Waals surface area contributed by atoms with Crippen molar-refractivity contribution in [1.29, 1.82) is 0 Å². The number of para-hydroxylation sites is 1. The fraction of sp³-hybridized carbons (Fsp3) is 0.438. The zero-order valence-corrected chi connectivity index (χ0v) is 25.0. The Kier molecular flexibility index (Phi) is 10.4. The molecular weight excluding hydrogens is 553 g/mol. The average Bonchev–Trinajstić information content (AvgIpc) is 3.63. The molecule has 4 rings (SSSR count). The van der Waals surface area contributed by atoms with Gasteiger partial charge >= 0.3 is 0 Å². The largest absolute Gasteiger partial charge is 0.491 e. The molecular formula is C32H40FN5O5. The van der Waals surface area contributed by atoms with Crippen LogP contribution in [0.4, 0.5) is 4.39 Å². The number of amides is 4. The summed E-state index contributed by atoms with van der Waals surface area (Å²) < 4.78 is 20.2. The number of likely N-dealkylation sites (N-methyl/N-ethyl adjacent to an activating group) is 2. The molecule has 11 heteroatoms. The highest BCUT2D eigenvalue weighted by atomic mass is 19.1. The van der Waals surface area contributed by atoms with Crippen LogP contribution < -0.4 is 5.32 Å². The lowest BCUT2D eigenvalue weighted by Crippen LogP contribution is -2.49. The summed E-state index contributed by atoms with van der Waals surface area (Å²) in [7, 11) is 3.00. The van der Waals surface area contributed by atoms with Crippen molar-refractivity contribution in [1.82, 2.24) is 25.0 Å². The molecule has 1 aromatic heterocycles. The van der Waals surface area contributed by atoms with E-state index in [0.29, 0.717) is 25.9 Å². The quantitative estimate of drug-likeness (QED) is 0.517. The fourth-order valence-corrected chi connectivity index (χ4v) is 5.68. The number of allylic oxidation sites excluding steroid dienone is 3. The van der Waals surface area contributed by atoms with Gasteiger partial charge in [-0.05, 0) is 56.4 Å².